The summed E-state index contributed by atoms with van der Waals surface area (Å²) in [6.45, 7) is 0. The highest BCUT2D eigenvalue weighted by Gasteiger charge is 2.13. The average molecular weight is 356 g/mol. The zero-order valence-electron chi connectivity index (χ0n) is 11.9. The summed E-state index contributed by atoms with van der Waals surface area (Å²) in [6.07, 6.45) is 3.33. The minimum absolute atomic E-state index is 0.496. The third kappa shape index (κ3) is 3.06. The van der Waals surface area contributed by atoms with Gasteiger partial charge in [0.25, 0.3) is 0 Å². The van der Waals surface area contributed by atoms with Crippen molar-refractivity contribution >= 4 is 21.8 Å². The maximum Gasteiger partial charge on any atom is 0.249 e. The van der Waals surface area contributed by atoms with Gasteiger partial charge < -0.3 is 0 Å². The standard InChI is InChI=1S/C17H14BrN3O/c18-16-10-12-2-1-11-3-5-13(7-8-14(16)6-4-12)15(9-11)17(22)20-21-19/h3-6,9-10H,1-2,7-8H2. The Kier molecular flexibility index (Phi) is 4.27. The Hall–Kier alpha value is -2.10. The number of aryl methyl sites for hydroxylation is 4. The molecule has 4 aliphatic rings. The first-order valence-electron chi connectivity index (χ1n) is 7.16. The van der Waals surface area contributed by atoms with Crippen LogP contribution in [0.1, 0.15) is 32.6 Å². The van der Waals surface area contributed by atoms with Crippen molar-refractivity contribution in [1.29, 1.82) is 0 Å². The molecule has 6 rings (SSSR count). The summed E-state index contributed by atoms with van der Waals surface area (Å²) in [5, 5.41) is 3.26. The van der Waals surface area contributed by atoms with Crippen LogP contribution in [0.3, 0.4) is 0 Å². The van der Waals surface area contributed by atoms with Crippen molar-refractivity contribution in [2.45, 2.75) is 25.7 Å². The van der Waals surface area contributed by atoms with E-state index in [-0.39, 0.29) is 0 Å². The van der Waals surface area contributed by atoms with Crippen molar-refractivity contribution in [2.24, 2.45) is 5.11 Å². The van der Waals surface area contributed by atoms with Crippen LogP contribution in [0.2, 0.25) is 0 Å². The molecule has 0 heterocycles. The van der Waals surface area contributed by atoms with Crippen molar-refractivity contribution in [1.82, 2.24) is 0 Å². The number of hydrogen-bond acceptors (Lipinski definition) is 1. The van der Waals surface area contributed by atoms with E-state index >= 15 is 0 Å². The largest absolute Gasteiger partial charge is 0.287 e. The fraction of sp³-hybridized carbons (Fsp3) is 0.235. The molecule has 0 unspecified atom stereocenters. The van der Waals surface area contributed by atoms with Gasteiger partial charge in [-0.3, -0.25) is 4.79 Å². The topological polar surface area (TPSA) is 65.8 Å². The first-order valence-corrected chi connectivity index (χ1v) is 7.95. The molecule has 4 bridgehead atoms. The second-order valence-electron chi connectivity index (χ2n) is 5.41. The van der Waals surface area contributed by atoms with Crippen molar-refractivity contribution in [3.05, 3.63) is 79.1 Å². The van der Waals surface area contributed by atoms with Crippen LogP contribution in [0.4, 0.5) is 0 Å². The summed E-state index contributed by atoms with van der Waals surface area (Å²) in [4.78, 5) is 14.7. The fourth-order valence-electron chi connectivity index (χ4n) is 2.80. The molecule has 2 aromatic rings. The molecular weight excluding hydrogens is 342 g/mol. The van der Waals surface area contributed by atoms with Gasteiger partial charge in [0, 0.05) is 14.9 Å². The van der Waals surface area contributed by atoms with Crippen molar-refractivity contribution < 1.29 is 4.79 Å². The van der Waals surface area contributed by atoms with Gasteiger partial charge in [-0.05, 0) is 70.7 Å². The lowest BCUT2D eigenvalue weighted by atomic mass is 9.93. The van der Waals surface area contributed by atoms with Crippen LogP contribution in [-0.4, -0.2) is 5.91 Å². The Morgan fingerprint density at radius 2 is 1.64 bits per heavy atom. The minimum atomic E-state index is -0.496. The number of carbonyl (C=O) groups is 1. The number of amides is 1. The van der Waals surface area contributed by atoms with Crippen LogP contribution in [-0.2, 0) is 25.7 Å². The first-order chi connectivity index (χ1) is 10.7. The van der Waals surface area contributed by atoms with Gasteiger partial charge in [0.05, 0.1) is 0 Å². The molecule has 1 amide bonds. The number of benzene rings is 2. The molecule has 0 aromatic heterocycles. The third-order valence-electron chi connectivity index (χ3n) is 4.02. The lowest BCUT2D eigenvalue weighted by Gasteiger charge is -2.14. The minimum Gasteiger partial charge on any atom is -0.287 e. The molecule has 0 spiro atoms. The molecule has 0 radical (unpaired) electrons. The van der Waals surface area contributed by atoms with Crippen LogP contribution in [0.25, 0.3) is 10.4 Å². The summed E-state index contributed by atoms with van der Waals surface area (Å²) in [5.74, 6) is -0.496. The van der Waals surface area contributed by atoms with Gasteiger partial charge in [-0.25, -0.2) is 0 Å². The van der Waals surface area contributed by atoms with E-state index in [4.69, 9.17) is 5.53 Å². The van der Waals surface area contributed by atoms with Gasteiger partial charge >= 0.3 is 0 Å². The highest BCUT2D eigenvalue weighted by atomic mass is 79.9. The van der Waals surface area contributed by atoms with E-state index < -0.39 is 5.91 Å². The van der Waals surface area contributed by atoms with E-state index in [1.54, 1.807) is 0 Å². The van der Waals surface area contributed by atoms with Gasteiger partial charge in [0.15, 0.2) is 0 Å². The Balaban J connectivity index is 2.05. The predicted molar refractivity (Wildman–Crippen MR) is 88.9 cm³/mol. The molecule has 0 aliphatic heterocycles. The third-order valence-corrected chi connectivity index (χ3v) is 4.76. The predicted octanol–water partition coefficient (Wildman–Crippen LogP) is 4.78. The van der Waals surface area contributed by atoms with Gasteiger partial charge in [0.2, 0.25) is 5.91 Å². The lowest BCUT2D eigenvalue weighted by Crippen LogP contribution is -2.06. The second kappa shape index (κ2) is 6.34. The Morgan fingerprint density at radius 3 is 2.32 bits per heavy atom. The molecule has 2 aromatic carbocycles. The van der Waals surface area contributed by atoms with Crippen LogP contribution >= 0.6 is 15.9 Å². The van der Waals surface area contributed by atoms with E-state index in [2.05, 4.69) is 50.2 Å². The van der Waals surface area contributed by atoms with Gasteiger partial charge in [-0.2, -0.15) is 0 Å². The summed E-state index contributed by atoms with van der Waals surface area (Å²) < 4.78 is 1.11. The quantitative estimate of drug-likeness (QED) is 0.412. The van der Waals surface area contributed by atoms with Crippen LogP contribution in [0.5, 0.6) is 0 Å². The Bertz CT molecular complexity index is 794. The molecule has 0 saturated heterocycles. The summed E-state index contributed by atoms with van der Waals surface area (Å²) in [5.41, 5.74) is 13.5. The smallest absolute Gasteiger partial charge is 0.249 e. The van der Waals surface area contributed by atoms with E-state index in [0.29, 0.717) is 5.56 Å². The van der Waals surface area contributed by atoms with E-state index in [1.807, 2.05) is 12.1 Å². The first kappa shape index (κ1) is 14.8. The SMILES string of the molecule is [N-]=[N+]=NC(=O)c1cc2ccc1CCc1ccc(cc1Br)CC2. The number of nitrogens with zero attached hydrogens (tertiary/aromatic N) is 3. The van der Waals surface area contributed by atoms with Crippen molar-refractivity contribution in [2.75, 3.05) is 0 Å². The van der Waals surface area contributed by atoms with Gasteiger partial charge in [-0.1, -0.05) is 40.2 Å². The number of hydrogen-bond donors (Lipinski definition) is 0. The van der Waals surface area contributed by atoms with E-state index in [0.717, 1.165) is 41.3 Å². The van der Waals surface area contributed by atoms with Crippen molar-refractivity contribution in [3.8, 4) is 0 Å². The summed E-state index contributed by atoms with van der Waals surface area (Å²) >= 11 is 3.63. The Morgan fingerprint density at radius 1 is 1.00 bits per heavy atom. The lowest BCUT2D eigenvalue weighted by molar-refractivity contribution is 0.0999. The van der Waals surface area contributed by atoms with E-state index in [1.165, 1.54) is 11.1 Å². The van der Waals surface area contributed by atoms with Gasteiger partial charge in [0.1, 0.15) is 0 Å². The molecule has 4 nitrogen and oxygen atoms in total. The molecule has 110 valence electrons. The zero-order valence-corrected chi connectivity index (χ0v) is 13.5. The normalized spacial score (nSPS) is 13.1. The maximum absolute atomic E-state index is 12.0. The number of rotatable bonds is 1. The second-order valence-corrected chi connectivity index (χ2v) is 6.27. The zero-order chi connectivity index (χ0) is 15.5. The van der Waals surface area contributed by atoms with Crippen molar-refractivity contribution in [3.63, 3.8) is 0 Å². The van der Waals surface area contributed by atoms with E-state index in [9.17, 15) is 4.79 Å². The molecule has 22 heavy (non-hydrogen) atoms. The summed E-state index contributed by atoms with van der Waals surface area (Å²) in [6, 6.07) is 12.4. The highest BCUT2D eigenvalue weighted by Crippen LogP contribution is 2.24. The molecule has 0 saturated carbocycles. The highest BCUT2D eigenvalue weighted by molar-refractivity contribution is 9.10. The maximum atomic E-state index is 12.0. The van der Waals surface area contributed by atoms with Crippen LogP contribution < -0.4 is 0 Å². The fourth-order valence-corrected chi connectivity index (χ4v) is 3.42. The number of azide groups is 1. The average Bonchev–Trinajstić information content (AvgIpc) is 2.50. The number of halogens is 1. The molecular formula is C17H14BrN3O. The summed E-state index contributed by atoms with van der Waals surface area (Å²) in [7, 11) is 0. The number of carbonyl (C=O) groups excluding carboxylic acids is 1. The molecule has 0 fully saturated rings. The van der Waals surface area contributed by atoms with Gasteiger partial charge in [-0.15, -0.1) is 0 Å². The van der Waals surface area contributed by atoms with Crippen LogP contribution in [0, 0.1) is 0 Å². The monoisotopic (exact) mass is 355 g/mol. The molecule has 0 N–H and O–H groups in total. The molecule has 4 aliphatic carbocycles. The molecule has 5 heteroatoms. The Labute approximate surface area is 136 Å². The van der Waals surface area contributed by atoms with Crippen LogP contribution in [0.15, 0.2) is 46.0 Å². The molecule has 0 atom stereocenters.